The normalized spacial score (nSPS) is 12.8. The molecule has 0 bridgehead atoms. The topological polar surface area (TPSA) is 26.0 Å². The van der Waals surface area contributed by atoms with Gasteiger partial charge in [0.25, 0.3) is 0 Å². The van der Waals surface area contributed by atoms with Crippen LogP contribution in [0.3, 0.4) is 0 Å². The monoisotopic (exact) mass is 139 g/mol. The maximum atomic E-state index is 5.26. The molecule has 0 radical (unpaired) electrons. The minimum absolute atomic E-state index is 1.15. The van der Waals surface area contributed by atoms with Crippen molar-refractivity contribution in [2.75, 3.05) is 0 Å². The smallest absolute Gasteiger partial charge is 0.00597 e. The van der Waals surface area contributed by atoms with Crippen molar-refractivity contribution < 1.29 is 0 Å². The molecule has 1 heteroatoms. The van der Waals surface area contributed by atoms with Crippen molar-refractivity contribution in [1.29, 1.82) is 0 Å². The van der Waals surface area contributed by atoms with E-state index in [0.717, 1.165) is 6.42 Å². The highest BCUT2D eigenvalue weighted by molar-refractivity contribution is 5.16. The molecule has 0 saturated heterocycles. The van der Waals surface area contributed by atoms with Crippen LogP contribution in [0.15, 0.2) is 23.9 Å². The standard InChI is InChI=1S/C9H17N/c1-3-5-6-9(4-2)7-8-10/h4,7-8H,3,5-6,10H2,1-2H3/b8-7-,9-4-. The maximum absolute atomic E-state index is 5.26. The summed E-state index contributed by atoms with van der Waals surface area (Å²) < 4.78 is 0. The van der Waals surface area contributed by atoms with Gasteiger partial charge in [0.05, 0.1) is 0 Å². The van der Waals surface area contributed by atoms with Gasteiger partial charge in [0.15, 0.2) is 0 Å². The Labute approximate surface area is 63.6 Å². The Morgan fingerprint density at radius 3 is 2.60 bits per heavy atom. The van der Waals surface area contributed by atoms with Crippen LogP contribution in [0, 0.1) is 0 Å². The van der Waals surface area contributed by atoms with E-state index in [2.05, 4.69) is 13.0 Å². The minimum atomic E-state index is 1.15. The van der Waals surface area contributed by atoms with E-state index in [4.69, 9.17) is 5.73 Å². The van der Waals surface area contributed by atoms with E-state index in [-0.39, 0.29) is 0 Å². The highest BCUT2D eigenvalue weighted by Crippen LogP contribution is 2.07. The zero-order chi connectivity index (χ0) is 7.82. The Morgan fingerprint density at radius 2 is 2.20 bits per heavy atom. The van der Waals surface area contributed by atoms with Crippen LogP contribution >= 0.6 is 0 Å². The molecule has 1 nitrogen and oxygen atoms in total. The van der Waals surface area contributed by atoms with Gasteiger partial charge in [-0.05, 0) is 32.0 Å². The molecule has 0 heterocycles. The van der Waals surface area contributed by atoms with E-state index in [0.29, 0.717) is 0 Å². The third-order valence-corrected chi connectivity index (χ3v) is 1.50. The summed E-state index contributed by atoms with van der Waals surface area (Å²) in [6, 6.07) is 0. The molecular weight excluding hydrogens is 122 g/mol. The minimum Gasteiger partial charge on any atom is -0.405 e. The summed E-state index contributed by atoms with van der Waals surface area (Å²) in [6.07, 6.45) is 9.33. The third-order valence-electron chi connectivity index (χ3n) is 1.50. The molecule has 0 rings (SSSR count). The fourth-order valence-electron chi connectivity index (χ4n) is 0.828. The molecule has 0 aromatic rings. The summed E-state index contributed by atoms with van der Waals surface area (Å²) in [7, 11) is 0. The van der Waals surface area contributed by atoms with Crippen molar-refractivity contribution in [2.45, 2.75) is 33.1 Å². The van der Waals surface area contributed by atoms with E-state index in [1.54, 1.807) is 6.20 Å². The lowest BCUT2D eigenvalue weighted by atomic mass is 10.1. The van der Waals surface area contributed by atoms with Gasteiger partial charge in [-0.3, -0.25) is 0 Å². The van der Waals surface area contributed by atoms with Crippen molar-refractivity contribution in [3.8, 4) is 0 Å². The average molecular weight is 139 g/mol. The van der Waals surface area contributed by atoms with Crippen molar-refractivity contribution in [3.63, 3.8) is 0 Å². The Balaban J connectivity index is 3.62. The first-order valence-electron chi connectivity index (χ1n) is 3.88. The highest BCUT2D eigenvalue weighted by Gasteiger charge is 1.87. The molecule has 58 valence electrons. The van der Waals surface area contributed by atoms with Gasteiger partial charge in [0.1, 0.15) is 0 Å². The number of rotatable bonds is 4. The second-order valence-corrected chi connectivity index (χ2v) is 2.33. The maximum Gasteiger partial charge on any atom is -0.00597 e. The molecular formula is C9H17N. The van der Waals surface area contributed by atoms with Crippen LogP contribution in [0.5, 0.6) is 0 Å². The van der Waals surface area contributed by atoms with Gasteiger partial charge in [-0.25, -0.2) is 0 Å². The molecule has 0 amide bonds. The number of nitrogens with two attached hydrogens (primary N) is 1. The van der Waals surface area contributed by atoms with Crippen molar-refractivity contribution in [1.82, 2.24) is 0 Å². The molecule has 0 atom stereocenters. The van der Waals surface area contributed by atoms with Crippen LogP contribution in [0.1, 0.15) is 33.1 Å². The Morgan fingerprint density at radius 1 is 1.50 bits per heavy atom. The Hall–Kier alpha value is -0.720. The molecule has 2 N–H and O–H groups in total. The molecule has 0 unspecified atom stereocenters. The average Bonchev–Trinajstić information content (AvgIpc) is 1.98. The van der Waals surface area contributed by atoms with Gasteiger partial charge in [0.2, 0.25) is 0 Å². The first-order chi connectivity index (χ1) is 4.85. The summed E-state index contributed by atoms with van der Waals surface area (Å²) in [5.41, 5.74) is 6.59. The summed E-state index contributed by atoms with van der Waals surface area (Å²) in [4.78, 5) is 0. The van der Waals surface area contributed by atoms with Crippen LogP contribution in [-0.2, 0) is 0 Å². The zero-order valence-electron chi connectivity index (χ0n) is 6.93. The SMILES string of the molecule is C/C=C(\C=C/N)CCCC. The van der Waals surface area contributed by atoms with E-state index in [1.165, 1.54) is 18.4 Å². The molecule has 0 aliphatic rings. The highest BCUT2D eigenvalue weighted by atomic mass is 14.5. The first-order valence-corrected chi connectivity index (χ1v) is 3.88. The number of allylic oxidation sites excluding steroid dienone is 3. The van der Waals surface area contributed by atoms with Crippen LogP contribution in [0.4, 0.5) is 0 Å². The second-order valence-electron chi connectivity index (χ2n) is 2.33. The molecule has 0 saturated carbocycles. The lowest BCUT2D eigenvalue weighted by molar-refractivity contribution is 0.797. The van der Waals surface area contributed by atoms with Crippen molar-refractivity contribution >= 4 is 0 Å². The molecule has 0 spiro atoms. The van der Waals surface area contributed by atoms with Gasteiger partial charge in [-0.2, -0.15) is 0 Å². The molecule has 0 aromatic heterocycles. The van der Waals surface area contributed by atoms with E-state index in [1.807, 2.05) is 13.0 Å². The molecule has 10 heavy (non-hydrogen) atoms. The van der Waals surface area contributed by atoms with E-state index < -0.39 is 0 Å². The molecule has 0 aliphatic heterocycles. The molecule has 0 aliphatic carbocycles. The Bertz CT molecular complexity index is 123. The Kier molecular flexibility index (Phi) is 5.94. The zero-order valence-corrected chi connectivity index (χ0v) is 6.93. The summed E-state index contributed by atoms with van der Waals surface area (Å²) in [6.45, 7) is 4.24. The second kappa shape index (κ2) is 6.40. The van der Waals surface area contributed by atoms with Crippen LogP contribution < -0.4 is 5.73 Å². The quantitative estimate of drug-likeness (QED) is 0.595. The fourth-order valence-corrected chi connectivity index (χ4v) is 0.828. The largest absolute Gasteiger partial charge is 0.405 e. The fraction of sp³-hybridized carbons (Fsp3) is 0.556. The third kappa shape index (κ3) is 4.19. The number of unbranched alkanes of at least 4 members (excludes halogenated alkanes) is 1. The van der Waals surface area contributed by atoms with Gasteiger partial charge in [-0.1, -0.05) is 25.0 Å². The predicted molar refractivity (Wildman–Crippen MR) is 46.6 cm³/mol. The summed E-state index contributed by atoms with van der Waals surface area (Å²) in [5.74, 6) is 0. The summed E-state index contributed by atoms with van der Waals surface area (Å²) >= 11 is 0. The van der Waals surface area contributed by atoms with Crippen LogP contribution in [-0.4, -0.2) is 0 Å². The van der Waals surface area contributed by atoms with E-state index >= 15 is 0 Å². The summed E-state index contributed by atoms with van der Waals surface area (Å²) in [5, 5.41) is 0. The molecule has 0 fully saturated rings. The van der Waals surface area contributed by atoms with Gasteiger partial charge in [0, 0.05) is 0 Å². The molecule has 0 aromatic carbocycles. The predicted octanol–water partition coefficient (Wildman–Crippen LogP) is 2.60. The number of hydrogen-bond acceptors (Lipinski definition) is 1. The van der Waals surface area contributed by atoms with Gasteiger partial charge >= 0.3 is 0 Å². The lowest BCUT2D eigenvalue weighted by Crippen LogP contribution is -1.82. The van der Waals surface area contributed by atoms with Gasteiger partial charge in [-0.15, -0.1) is 0 Å². The van der Waals surface area contributed by atoms with Crippen molar-refractivity contribution in [2.24, 2.45) is 5.73 Å². The van der Waals surface area contributed by atoms with Crippen LogP contribution in [0.2, 0.25) is 0 Å². The van der Waals surface area contributed by atoms with E-state index in [9.17, 15) is 0 Å². The lowest BCUT2D eigenvalue weighted by Gasteiger charge is -1.97. The number of hydrogen-bond donors (Lipinski definition) is 1. The van der Waals surface area contributed by atoms with Crippen molar-refractivity contribution in [3.05, 3.63) is 23.9 Å². The van der Waals surface area contributed by atoms with Gasteiger partial charge < -0.3 is 5.73 Å². The van der Waals surface area contributed by atoms with Crippen LogP contribution in [0.25, 0.3) is 0 Å². The first kappa shape index (κ1) is 9.28.